The zero-order valence-electron chi connectivity index (χ0n) is 27.6. The number of carbonyl (C=O) groups excluding carboxylic acids is 6. The van der Waals surface area contributed by atoms with Gasteiger partial charge in [-0.1, -0.05) is 0 Å². The van der Waals surface area contributed by atoms with Crippen LogP contribution < -0.4 is 4.74 Å². The Labute approximate surface area is 279 Å². The molecule has 19 nitrogen and oxygen atoms in total. The van der Waals surface area contributed by atoms with Crippen LogP contribution in [0.3, 0.4) is 0 Å². The van der Waals surface area contributed by atoms with Crippen LogP contribution in [0.25, 0.3) is 0 Å². The molecule has 2 aliphatic heterocycles. The Hall–Kier alpha value is -4.88. The first-order valence-electron chi connectivity index (χ1n) is 14.8. The van der Waals surface area contributed by atoms with Gasteiger partial charge in [-0.2, -0.15) is 0 Å². The van der Waals surface area contributed by atoms with Crippen LogP contribution in [-0.2, 0) is 71.4 Å². The van der Waals surface area contributed by atoms with Crippen LogP contribution in [0.2, 0.25) is 0 Å². The Bertz CT molecular complexity index is 1400. The minimum Gasteiger partial charge on any atom is -0.461 e. The first kappa shape index (κ1) is 38.6. The zero-order chi connectivity index (χ0) is 36.6. The predicted octanol–water partition coefficient (Wildman–Crippen LogP) is 1.05. The third-order valence-corrected chi connectivity index (χ3v) is 6.86. The molecule has 3 rings (SSSR count). The van der Waals surface area contributed by atoms with Crippen molar-refractivity contribution in [3.8, 4) is 5.75 Å². The molecule has 0 N–H and O–H groups in total. The SMILES string of the molecule is CC(=O)O[C@@H]1[C@@H](OC(C)=O)[C@H](C)O[C@@H](OC[C@H]2O[C@@H](Oc3ccc([N+](=O)[O-])cc3)[C@H](OC(C)=O)[C@@H](OC(C)=O)[C@@H]2OC(C)=O)[C@@H]1OC(C)=O. The highest BCUT2D eigenvalue weighted by Gasteiger charge is 2.55. The topological polar surface area (TPSA) is 238 Å². The zero-order valence-corrected chi connectivity index (χ0v) is 27.6. The van der Waals surface area contributed by atoms with Crippen LogP contribution in [-0.4, -0.2) is 109 Å². The van der Waals surface area contributed by atoms with Crippen molar-refractivity contribution >= 4 is 41.5 Å². The smallest absolute Gasteiger partial charge is 0.303 e. The molecule has 0 bridgehead atoms. The number of hydrogen-bond acceptors (Lipinski definition) is 18. The molecule has 0 aliphatic carbocycles. The Morgan fingerprint density at radius 3 is 1.49 bits per heavy atom. The van der Waals surface area contributed by atoms with E-state index in [-0.39, 0.29) is 11.4 Å². The normalized spacial score (nSPS) is 29.4. The van der Waals surface area contributed by atoms with Crippen LogP contribution in [0, 0.1) is 10.1 Å². The second-order valence-corrected chi connectivity index (χ2v) is 10.9. The minimum atomic E-state index is -1.59. The average Bonchev–Trinajstić information content (AvgIpc) is 2.97. The van der Waals surface area contributed by atoms with E-state index < -0.39 is 109 Å². The number of benzene rings is 1. The van der Waals surface area contributed by atoms with Crippen molar-refractivity contribution < 1.29 is 81.1 Å². The number of non-ortho nitro benzene ring substituents is 1. The van der Waals surface area contributed by atoms with Crippen LogP contribution in [0.5, 0.6) is 5.75 Å². The predicted molar refractivity (Wildman–Crippen MR) is 156 cm³/mol. The van der Waals surface area contributed by atoms with Gasteiger partial charge in [0.1, 0.15) is 11.9 Å². The molecule has 0 radical (unpaired) electrons. The standard InChI is InChI=1S/C30H37NO18/c1-13-23(42-14(2)32)25(44-16(4)34)27(46-18(6)36)29(41-13)40-12-22-24(43-15(3)33)26(45-17(5)35)28(47-19(7)37)30(49-22)48-21-10-8-20(9-11-21)31(38)39/h8-11,13,22-30H,12H2,1-7H3/t13-,22+,23-,24+,25+,26-,27+,28+,29+,30+/m0/s1. The molecule has 19 heteroatoms. The van der Waals surface area contributed by atoms with Gasteiger partial charge in [0.05, 0.1) is 17.6 Å². The second kappa shape index (κ2) is 17.0. The van der Waals surface area contributed by atoms with Gasteiger partial charge in [0, 0.05) is 53.7 Å². The van der Waals surface area contributed by atoms with Gasteiger partial charge in [0.15, 0.2) is 36.8 Å². The van der Waals surface area contributed by atoms with E-state index in [9.17, 15) is 38.9 Å². The average molecular weight is 700 g/mol. The molecule has 2 saturated heterocycles. The van der Waals surface area contributed by atoms with Gasteiger partial charge >= 0.3 is 35.8 Å². The number of ether oxygens (including phenoxy) is 10. The summed E-state index contributed by atoms with van der Waals surface area (Å²) in [5.74, 6) is -4.94. The van der Waals surface area contributed by atoms with Gasteiger partial charge in [-0.15, -0.1) is 0 Å². The maximum atomic E-state index is 12.2. The summed E-state index contributed by atoms with van der Waals surface area (Å²) in [7, 11) is 0. The van der Waals surface area contributed by atoms with E-state index >= 15 is 0 Å². The summed E-state index contributed by atoms with van der Waals surface area (Å²) < 4.78 is 56.2. The molecular weight excluding hydrogens is 662 g/mol. The number of nitrogens with zero attached hydrogens (tertiary/aromatic N) is 1. The van der Waals surface area contributed by atoms with Gasteiger partial charge in [-0.25, -0.2) is 0 Å². The van der Waals surface area contributed by atoms with E-state index in [1.165, 1.54) is 19.1 Å². The summed E-state index contributed by atoms with van der Waals surface area (Å²) in [5, 5.41) is 11.1. The Kier molecular flexibility index (Phi) is 13.4. The third-order valence-electron chi connectivity index (χ3n) is 6.86. The maximum absolute atomic E-state index is 12.2. The summed E-state index contributed by atoms with van der Waals surface area (Å²) in [6.07, 6.45) is -14.2. The number of nitro benzene ring substituents is 1. The first-order valence-corrected chi connectivity index (χ1v) is 14.8. The van der Waals surface area contributed by atoms with Gasteiger partial charge in [-0.05, 0) is 19.1 Å². The Morgan fingerprint density at radius 1 is 0.612 bits per heavy atom. The van der Waals surface area contributed by atoms with Crippen LogP contribution in [0.1, 0.15) is 48.5 Å². The van der Waals surface area contributed by atoms with Crippen molar-refractivity contribution in [1.82, 2.24) is 0 Å². The lowest BCUT2D eigenvalue weighted by molar-refractivity contribution is -0.384. The quantitative estimate of drug-likeness (QED) is 0.128. The van der Waals surface area contributed by atoms with E-state index in [0.29, 0.717) is 0 Å². The number of hydrogen-bond donors (Lipinski definition) is 0. The molecule has 49 heavy (non-hydrogen) atoms. The Morgan fingerprint density at radius 2 is 1.02 bits per heavy atom. The molecule has 1 aromatic rings. The van der Waals surface area contributed by atoms with E-state index in [4.69, 9.17) is 47.4 Å². The largest absolute Gasteiger partial charge is 0.461 e. The molecule has 0 unspecified atom stereocenters. The van der Waals surface area contributed by atoms with Crippen LogP contribution in [0.15, 0.2) is 24.3 Å². The molecule has 0 amide bonds. The third kappa shape index (κ3) is 10.8. The van der Waals surface area contributed by atoms with Crippen molar-refractivity contribution in [3.63, 3.8) is 0 Å². The molecule has 0 aromatic heterocycles. The monoisotopic (exact) mass is 699 g/mol. The number of carbonyl (C=O) groups is 6. The second-order valence-electron chi connectivity index (χ2n) is 10.9. The van der Waals surface area contributed by atoms with Gasteiger partial charge < -0.3 is 47.4 Å². The molecule has 270 valence electrons. The van der Waals surface area contributed by atoms with Crippen molar-refractivity contribution in [1.29, 1.82) is 0 Å². The van der Waals surface area contributed by atoms with E-state index in [0.717, 1.165) is 53.7 Å². The van der Waals surface area contributed by atoms with Crippen molar-refractivity contribution in [2.75, 3.05) is 6.61 Å². The molecule has 0 spiro atoms. The van der Waals surface area contributed by atoms with E-state index in [1.54, 1.807) is 0 Å². The van der Waals surface area contributed by atoms with E-state index in [2.05, 4.69) is 0 Å². The lowest BCUT2D eigenvalue weighted by atomic mass is 9.97. The summed E-state index contributed by atoms with van der Waals surface area (Å²) in [5.41, 5.74) is -0.250. The highest BCUT2D eigenvalue weighted by molar-refractivity contribution is 5.69. The molecule has 1 aromatic carbocycles. The minimum absolute atomic E-state index is 0.0139. The fraction of sp³-hybridized carbons (Fsp3) is 0.600. The van der Waals surface area contributed by atoms with E-state index in [1.807, 2.05) is 0 Å². The fourth-order valence-electron chi connectivity index (χ4n) is 5.16. The molecule has 2 aliphatic rings. The maximum Gasteiger partial charge on any atom is 0.303 e. The lowest BCUT2D eigenvalue weighted by Crippen LogP contribution is -2.64. The summed E-state index contributed by atoms with van der Waals surface area (Å²) in [6.45, 7) is 7.35. The summed E-state index contributed by atoms with van der Waals surface area (Å²) in [4.78, 5) is 83.1. The number of rotatable bonds is 12. The summed E-state index contributed by atoms with van der Waals surface area (Å²) in [6, 6.07) is 4.77. The number of esters is 6. The van der Waals surface area contributed by atoms with Crippen molar-refractivity contribution in [3.05, 3.63) is 34.4 Å². The summed E-state index contributed by atoms with van der Waals surface area (Å²) >= 11 is 0. The van der Waals surface area contributed by atoms with Gasteiger partial charge in [-0.3, -0.25) is 38.9 Å². The Balaban J connectivity index is 2.01. The van der Waals surface area contributed by atoms with Crippen molar-refractivity contribution in [2.45, 2.75) is 110 Å². The van der Waals surface area contributed by atoms with Gasteiger partial charge in [0.25, 0.3) is 5.69 Å². The lowest BCUT2D eigenvalue weighted by Gasteiger charge is -2.46. The fourth-order valence-corrected chi connectivity index (χ4v) is 5.16. The molecule has 10 atom stereocenters. The first-order chi connectivity index (χ1) is 23.0. The molecular formula is C30H37NO18. The van der Waals surface area contributed by atoms with Crippen LogP contribution in [0.4, 0.5) is 5.69 Å². The van der Waals surface area contributed by atoms with Crippen molar-refractivity contribution in [2.24, 2.45) is 0 Å². The van der Waals surface area contributed by atoms with Crippen LogP contribution >= 0.6 is 0 Å². The molecule has 2 heterocycles. The number of nitro groups is 1. The molecule has 0 saturated carbocycles. The highest BCUT2D eigenvalue weighted by Crippen LogP contribution is 2.34. The van der Waals surface area contributed by atoms with Gasteiger partial charge in [0.2, 0.25) is 12.4 Å². The highest BCUT2D eigenvalue weighted by atomic mass is 16.8. The molecule has 2 fully saturated rings.